The molecular weight excluding hydrogens is 422 g/mol. The molecular formula is C24H29N5O2S. The Bertz CT molecular complexity index is 1050. The van der Waals surface area contributed by atoms with E-state index in [-0.39, 0.29) is 11.9 Å². The second-order valence-corrected chi connectivity index (χ2v) is 8.78. The lowest BCUT2D eigenvalue weighted by molar-refractivity contribution is -0.116. The number of benzene rings is 2. The van der Waals surface area contributed by atoms with E-state index in [1.165, 1.54) is 17.3 Å². The van der Waals surface area contributed by atoms with Gasteiger partial charge >= 0.3 is 0 Å². The van der Waals surface area contributed by atoms with Gasteiger partial charge in [-0.3, -0.25) is 4.79 Å². The van der Waals surface area contributed by atoms with Gasteiger partial charge in [0.25, 0.3) is 0 Å². The van der Waals surface area contributed by atoms with E-state index >= 15 is 0 Å². The summed E-state index contributed by atoms with van der Waals surface area (Å²) in [5.74, 6) is 1.59. The summed E-state index contributed by atoms with van der Waals surface area (Å²) in [7, 11) is 0. The van der Waals surface area contributed by atoms with Crippen molar-refractivity contribution in [2.45, 2.75) is 56.5 Å². The van der Waals surface area contributed by atoms with Gasteiger partial charge in [-0.15, -0.1) is 10.2 Å². The number of fused-ring (bicyclic) bond motifs is 1. The second kappa shape index (κ2) is 10.1. The second-order valence-electron chi connectivity index (χ2n) is 7.67. The number of ether oxygens (including phenoxy) is 1. The lowest BCUT2D eigenvalue weighted by atomic mass is 10.0. The van der Waals surface area contributed by atoms with Crippen LogP contribution in [0.3, 0.4) is 0 Å². The van der Waals surface area contributed by atoms with Crippen molar-refractivity contribution in [3.05, 3.63) is 65.5 Å². The van der Waals surface area contributed by atoms with Crippen LogP contribution in [-0.2, 0) is 17.6 Å². The highest BCUT2D eigenvalue weighted by atomic mass is 32.2. The van der Waals surface area contributed by atoms with Crippen LogP contribution in [0, 0.1) is 0 Å². The predicted octanol–water partition coefficient (Wildman–Crippen LogP) is 4.59. The molecule has 0 saturated carbocycles. The summed E-state index contributed by atoms with van der Waals surface area (Å²) in [4.78, 5) is 13.4. The molecule has 168 valence electrons. The minimum Gasteiger partial charge on any atom is -0.494 e. The van der Waals surface area contributed by atoms with E-state index in [9.17, 15) is 4.79 Å². The van der Waals surface area contributed by atoms with Crippen LogP contribution in [0.5, 0.6) is 5.75 Å². The molecule has 0 radical (unpaired) electrons. The number of aromatic nitrogens is 3. The van der Waals surface area contributed by atoms with E-state index in [4.69, 9.17) is 4.74 Å². The van der Waals surface area contributed by atoms with Gasteiger partial charge in [-0.05, 0) is 55.2 Å². The number of carbonyl (C=O) groups is 1. The average molecular weight is 452 g/mol. The molecule has 0 fully saturated rings. The van der Waals surface area contributed by atoms with Gasteiger partial charge in [0, 0.05) is 12.1 Å². The van der Waals surface area contributed by atoms with Gasteiger partial charge in [0.1, 0.15) is 11.0 Å². The molecule has 2 aromatic carbocycles. The molecule has 2 atom stereocenters. The molecule has 32 heavy (non-hydrogen) atoms. The number of anilines is 1. The number of carbonyl (C=O) groups excluding carboxylic acids is 1. The summed E-state index contributed by atoms with van der Waals surface area (Å²) < 4.78 is 7.43. The fourth-order valence-corrected chi connectivity index (χ4v) is 4.81. The molecule has 7 nitrogen and oxygen atoms in total. The number of amides is 1. The zero-order chi connectivity index (χ0) is 22.5. The van der Waals surface area contributed by atoms with Gasteiger partial charge in [0.2, 0.25) is 11.1 Å². The van der Waals surface area contributed by atoms with Crippen LogP contribution in [0.4, 0.5) is 5.69 Å². The maximum atomic E-state index is 13.4. The quantitative estimate of drug-likeness (QED) is 0.521. The predicted molar refractivity (Wildman–Crippen MR) is 128 cm³/mol. The van der Waals surface area contributed by atoms with Gasteiger partial charge in [-0.25, -0.2) is 4.68 Å². The third kappa shape index (κ3) is 4.75. The molecule has 2 unspecified atom stereocenters. The molecule has 0 bridgehead atoms. The first-order chi connectivity index (χ1) is 15.6. The molecule has 2 heterocycles. The average Bonchev–Trinajstić information content (AvgIpc) is 3.22. The molecule has 0 aliphatic carbocycles. The molecule has 1 aromatic heterocycles. The van der Waals surface area contributed by atoms with E-state index in [1.807, 2.05) is 35.9 Å². The van der Waals surface area contributed by atoms with Crippen LogP contribution < -0.4 is 15.5 Å². The van der Waals surface area contributed by atoms with Crippen molar-refractivity contribution in [2.24, 2.45) is 0 Å². The van der Waals surface area contributed by atoms with E-state index in [1.54, 1.807) is 0 Å². The Labute approximate surface area is 192 Å². The first kappa shape index (κ1) is 22.2. The van der Waals surface area contributed by atoms with Crippen LogP contribution in [-0.4, -0.2) is 32.6 Å². The molecule has 1 aliphatic heterocycles. The number of nitrogens with one attached hydrogen (secondary N) is 2. The van der Waals surface area contributed by atoms with Crippen molar-refractivity contribution in [1.82, 2.24) is 14.9 Å². The number of hydrogen-bond acceptors (Lipinski definition) is 6. The first-order valence-corrected chi connectivity index (χ1v) is 12.0. The molecule has 0 spiro atoms. The number of hydrogen-bond donors (Lipinski definition) is 2. The summed E-state index contributed by atoms with van der Waals surface area (Å²) >= 11 is 1.45. The Balaban J connectivity index is 1.60. The van der Waals surface area contributed by atoms with E-state index in [0.29, 0.717) is 11.8 Å². The maximum absolute atomic E-state index is 13.4. The van der Waals surface area contributed by atoms with Crippen molar-refractivity contribution in [1.29, 1.82) is 0 Å². The monoisotopic (exact) mass is 451 g/mol. The zero-order valence-corrected chi connectivity index (χ0v) is 19.5. The fourth-order valence-electron chi connectivity index (χ4n) is 3.71. The Kier molecular flexibility index (Phi) is 6.99. The molecule has 1 aliphatic rings. The van der Waals surface area contributed by atoms with Crippen LogP contribution in [0.25, 0.3) is 0 Å². The number of thioether (sulfide) groups is 1. The third-order valence-electron chi connectivity index (χ3n) is 5.42. The van der Waals surface area contributed by atoms with Crippen LogP contribution in [0.2, 0.25) is 0 Å². The van der Waals surface area contributed by atoms with Gasteiger partial charge in [0.15, 0.2) is 5.82 Å². The Morgan fingerprint density at radius 3 is 2.50 bits per heavy atom. The Morgan fingerprint density at radius 2 is 1.84 bits per heavy atom. The standard InChI is InChI=1S/C24H29N5O2S/c1-4-7-20-26-27-24-29(20)28-21(17-10-8-16(5-2)9-11-17)22(32-24)23(30)25-18-12-14-19(15-13-18)31-6-3/h8-15,21-22,28H,4-7H2,1-3H3,(H,25,30). The summed E-state index contributed by atoms with van der Waals surface area (Å²) in [6, 6.07) is 15.7. The van der Waals surface area contributed by atoms with E-state index in [2.05, 4.69) is 59.1 Å². The van der Waals surface area contributed by atoms with Crippen LogP contribution >= 0.6 is 11.8 Å². The summed E-state index contributed by atoms with van der Waals surface area (Å²) in [5, 5.41) is 12.0. The maximum Gasteiger partial charge on any atom is 0.240 e. The Morgan fingerprint density at radius 1 is 1.09 bits per heavy atom. The SMILES string of the molecule is CCCc1nnc2n1NC(c1ccc(CC)cc1)C(C(=O)Nc1ccc(OCC)cc1)S2. The van der Waals surface area contributed by atoms with Crippen molar-refractivity contribution in [2.75, 3.05) is 17.3 Å². The molecule has 2 N–H and O–H groups in total. The minimum atomic E-state index is -0.403. The largest absolute Gasteiger partial charge is 0.494 e. The summed E-state index contributed by atoms with van der Waals surface area (Å²) in [5.41, 5.74) is 6.58. The van der Waals surface area contributed by atoms with Gasteiger partial charge in [0.05, 0.1) is 12.6 Å². The lowest BCUT2D eigenvalue weighted by Gasteiger charge is -2.33. The summed E-state index contributed by atoms with van der Waals surface area (Å²) in [6.07, 6.45) is 2.78. The normalized spacial score (nSPS) is 17.3. The molecule has 4 rings (SSSR count). The van der Waals surface area contributed by atoms with Crippen LogP contribution in [0.1, 0.15) is 50.2 Å². The number of rotatable bonds is 8. The number of nitrogens with zero attached hydrogens (tertiary/aromatic N) is 3. The van der Waals surface area contributed by atoms with Crippen molar-refractivity contribution >= 4 is 23.4 Å². The lowest BCUT2D eigenvalue weighted by Crippen LogP contribution is -2.41. The highest BCUT2D eigenvalue weighted by molar-refractivity contribution is 8.00. The smallest absolute Gasteiger partial charge is 0.240 e. The topological polar surface area (TPSA) is 81.1 Å². The van der Waals surface area contributed by atoms with Gasteiger partial charge < -0.3 is 15.5 Å². The van der Waals surface area contributed by atoms with Gasteiger partial charge in [-0.1, -0.05) is 49.9 Å². The summed E-state index contributed by atoms with van der Waals surface area (Å²) in [6.45, 7) is 6.80. The molecule has 8 heteroatoms. The van der Waals surface area contributed by atoms with Gasteiger partial charge in [-0.2, -0.15) is 0 Å². The van der Waals surface area contributed by atoms with Crippen molar-refractivity contribution in [3.63, 3.8) is 0 Å². The van der Waals surface area contributed by atoms with Crippen molar-refractivity contribution in [3.8, 4) is 5.75 Å². The number of aryl methyl sites for hydroxylation is 2. The zero-order valence-electron chi connectivity index (χ0n) is 18.7. The highest BCUT2D eigenvalue weighted by Crippen LogP contribution is 2.38. The Hall–Kier alpha value is -3.00. The first-order valence-electron chi connectivity index (χ1n) is 11.1. The minimum absolute atomic E-state index is 0.0810. The fraction of sp³-hybridized carbons (Fsp3) is 0.375. The van der Waals surface area contributed by atoms with Crippen LogP contribution in [0.15, 0.2) is 53.7 Å². The highest BCUT2D eigenvalue weighted by Gasteiger charge is 2.37. The molecule has 3 aromatic rings. The molecule has 0 saturated heterocycles. The van der Waals surface area contributed by atoms with E-state index in [0.717, 1.165) is 42.1 Å². The van der Waals surface area contributed by atoms with E-state index < -0.39 is 5.25 Å². The molecule has 1 amide bonds. The van der Waals surface area contributed by atoms with Crippen molar-refractivity contribution < 1.29 is 9.53 Å². The third-order valence-corrected chi connectivity index (χ3v) is 6.63.